The number of hydrogen-bond donors (Lipinski definition) is 1. The van der Waals surface area contributed by atoms with E-state index in [1.54, 1.807) is 0 Å². The van der Waals surface area contributed by atoms with E-state index in [1.807, 2.05) is 17.8 Å². The van der Waals surface area contributed by atoms with Crippen molar-refractivity contribution in [3.63, 3.8) is 0 Å². The van der Waals surface area contributed by atoms with Gasteiger partial charge in [0.2, 0.25) is 0 Å². The number of nitrogens with one attached hydrogen (secondary N) is 1. The first-order valence-electron chi connectivity index (χ1n) is 3.29. The smallest absolute Gasteiger partial charge is 0.0254 e. The van der Waals surface area contributed by atoms with Crippen LogP contribution in [-0.2, 0) is 0 Å². The molecule has 0 amide bonds. The Hall–Kier alpha value is 0.0500. The zero-order chi connectivity index (χ0) is 6.69. The van der Waals surface area contributed by atoms with Crippen LogP contribution in [0.5, 0.6) is 0 Å². The summed E-state index contributed by atoms with van der Waals surface area (Å²) in [6.07, 6.45) is 1.95. The third kappa shape index (κ3) is 2.03. The van der Waals surface area contributed by atoms with Crippen molar-refractivity contribution in [2.75, 3.05) is 11.5 Å². The fourth-order valence-corrected chi connectivity index (χ4v) is 1.44. The Morgan fingerprint density at radius 2 is 2.44 bits per heavy atom. The van der Waals surface area contributed by atoms with Crippen LogP contribution in [0.1, 0.15) is 6.92 Å². The first-order chi connectivity index (χ1) is 4.33. The van der Waals surface area contributed by atoms with E-state index in [2.05, 4.69) is 18.8 Å². The van der Waals surface area contributed by atoms with Gasteiger partial charge in [-0.15, -0.1) is 6.58 Å². The summed E-state index contributed by atoms with van der Waals surface area (Å²) in [4.78, 5) is 0. The van der Waals surface area contributed by atoms with Crippen LogP contribution in [-0.4, -0.2) is 23.6 Å². The lowest BCUT2D eigenvalue weighted by Crippen LogP contribution is -2.44. The van der Waals surface area contributed by atoms with Crippen LogP contribution in [0.4, 0.5) is 0 Å². The van der Waals surface area contributed by atoms with Gasteiger partial charge >= 0.3 is 0 Å². The second-order valence-corrected chi connectivity index (χ2v) is 3.50. The molecule has 1 fully saturated rings. The molecule has 0 spiro atoms. The van der Waals surface area contributed by atoms with E-state index in [4.69, 9.17) is 0 Å². The van der Waals surface area contributed by atoms with Crippen molar-refractivity contribution in [2.45, 2.75) is 19.0 Å². The number of thioether (sulfide) groups is 1. The second kappa shape index (κ2) is 3.28. The van der Waals surface area contributed by atoms with Crippen molar-refractivity contribution < 1.29 is 0 Å². The molecule has 0 aromatic heterocycles. The van der Waals surface area contributed by atoms with Gasteiger partial charge in [-0.3, -0.25) is 0 Å². The molecular formula is C7H13NS. The van der Waals surface area contributed by atoms with Crippen LogP contribution in [0.15, 0.2) is 12.7 Å². The van der Waals surface area contributed by atoms with E-state index in [-0.39, 0.29) is 0 Å². The molecule has 1 nitrogen and oxygen atoms in total. The van der Waals surface area contributed by atoms with Crippen LogP contribution in [0, 0.1) is 0 Å². The first kappa shape index (κ1) is 7.16. The monoisotopic (exact) mass is 143 g/mol. The maximum absolute atomic E-state index is 3.70. The van der Waals surface area contributed by atoms with E-state index in [9.17, 15) is 0 Å². The molecule has 1 N–H and O–H groups in total. The molecule has 1 aliphatic heterocycles. The van der Waals surface area contributed by atoms with E-state index < -0.39 is 0 Å². The Labute approximate surface area is 60.9 Å². The van der Waals surface area contributed by atoms with E-state index >= 15 is 0 Å². The van der Waals surface area contributed by atoms with E-state index in [0.29, 0.717) is 6.04 Å². The average Bonchev–Trinajstić information content (AvgIpc) is 1.78. The molecule has 0 aromatic rings. The molecule has 2 heteroatoms. The Morgan fingerprint density at radius 1 is 1.78 bits per heavy atom. The van der Waals surface area contributed by atoms with Gasteiger partial charge in [0, 0.05) is 23.6 Å². The van der Waals surface area contributed by atoms with Crippen LogP contribution >= 0.6 is 11.8 Å². The molecule has 1 heterocycles. The molecule has 9 heavy (non-hydrogen) atoms. The van der Waals surface area contributed by atoms with Gasteiger partial charge in [0.05, 0.1) is 0 Å². The zero-order valence-corrected chi connectivity index (χ0v) is 6.58. The largest absolute Gasteiger partial charge is 0.306 e. The molecule has 1 rings (SSSR count). The van der Waals surface area contributed by atoms with Crippen molar-refractivity contribution in [3.05, 3.63) is 12.7 Å². The molecular weight excluding hydrogens is 130 g/mol. The number of hydrogen-bond acceptors (Lipinski definition) is 2. The lowest BCUT2D eigenvalue weighted by molar-refractivity contribution is 0.545. The summed E-state index contributed by atoms with van der Waals surface area (Å²) in [6.45, 7) is 5.84. The molecule has 0 bridgehead atoms. The van der Waals surface area contributed by atoms with Gasteiger partial charge in [0.1, 0.15) is 0 Å². The van der Waals surface area contributed by atoms with Crippen molar-refractivity contribution in [1.29, 1.82) is 0 Å². The fourth-order valence-electron chi connectivity index (χ4n) is 0.772. The van der Waals surface area contributed by atoms with Crippen molar-refractivity contribution in [2.24, 2.45) is 0 Å². The van der Waals surface area contributed by atoms with Crippen molar-refractivity contribution in [1.82, 2.24) is 5.32 Å². The summed E-state index contributed by atoms with van der Waals surface area (Å²) < 4.78 is 0. The molecule has 1 unspecified atom stereocenters. The minimum atomic E-state index is 0.482. The van der Waals surface area contributed by atoms with Crippen LogP contribution in [0.2, 0.25) is 0 Å². The Bertz CT molecular complexity index is 99.1. The molecule has 1 saturated heterocycles. The summed E-state index contributed by atoms with van der Waals surface area (Å²) in [5, 5.41) is 3.43. The predicted molar refractivity (Wildman–Crippen MR) is 43.9 cm³/mol. The first-order valence-corrected chi connectivity index (χ1v) is 4.44. The second-order valence-electron chi connectivity index (χ2n) is 2.43. The van der Waals surface area contributed by atoms with Gasteiger partial charge in [-0.25, -0.2) is 0 Å². The van der Waals surface area contributed by atoms with Crippen LogP contribution in [0.3, 0.4) is 0 Å². The molecule has 0 saturated carbocycles. The quantitative estimate of drug-likeness (QED) is 0.597. The summed E-state index contributed by atoms with van der Waals surface area (Å²) >= 11 is 2.00. The third-order valence-electron chi connectivity index (χ3n) is 1.49. The highest BCUT2D eigenvalue weighted by Gasteiger charge is 2.17. The van der Waals surface area contributed by atoms with Crippen molar-refractivity contribution >= 4 is 11.8 Å². The molecule has 1 aliphatic rings. The van der Waals surface area contributed by atoms with E-state index in [0.717, 1.165) is 6.04 Å². The van der Waals surface area contributed by atoms with Crippen LogP contribution < -0.4 is 5.32 Å². The summed E-state index contributed by atoms with van der Waals surface area (Å²) in [7, 11) is 0. The molecule has 0 aliphatic carbocycles. The fraction of sp³-hybridized carbons (Fsp3) is 0.714. The third-order valence-corrected chi connectivity index (χ3v) is 2.77. The van der Waals surface area contributed by atoms with Gasteiger partial charge in [0.25, 0.3) is 0 Å². The lowest BCUT2D eigenvalue weighted by Gasteiger charge is -2.28. The van der Waals surface area contributed by atoms with Gasteiger partial charge in [-0.05, 0) is 6.92 Å². The van der Waals surface area contributed by atoms with Gasteiger partial charge in [0.15, 0.2) is 0 Å². The lowest BCUT2D eigenvalue weighted by atomic mass is 10.3. The van der Waals surface area contributed by atoms with E-state index in [1.165, 1.54) is 11.5 Å². The maximum Gasteiger partial charge on any atom is 0.0254 e. The molecule has 52 valence electrons. The highest BCUT2D eigenvalue weighted by atomic mass is 32.2. The summed E-state index contributed by atoms with van der Waals surface area (Å²) in [5.74, 6) is 2.55. The minimum Gasteiger partial charge on any atom is -0.306 e. The normalized spacial score (nSPS) is 22.8. The minimum absolute atomic E-state index is 0.482. The Kier molecular flexibility index (Phi) is 2.61. The molecule has 0 aromatic carbocycles. The molecule has 1 atom stereocenters. The summed E-state index contributed by atoms with van der Waals surface area (Å²) in [6, 6.07) is 1.24. The average molecular weight is 143 g/mol. The predicted octanol–water partition coefficient (Wildman–Crippen LogP) is 1.27. The highest BCUT2D eigenvalue weighted by Crippen LogP contribution is 2.17. The Morgan fingerprint density at radius 3 is 2.78 bits per heavy atom. The van der Waals surface area contributed by atoms with Crippen molar-refractivity contribution in [3.8, 4) is 0 Å². The Balaban J connectivity index is 2.08. The van der Waals surface area contributed by atoms with Gasteiger partial charge in [-0.2, -0.15) is 11.8 Å². The van der Waals surface area contributed by atoms with Crippen LogP contribution in [0.25, 0.3) is 0 Å². The van der Waals surface area contributed by atoms with Gasteiger partial charge < -0.3 is 5.32 Å². The molecule has 0 radical (unpaired) electrons. The standard InChI is InChI=1S/C7H13NS/c1-3-6(2)8-7-4-9-5-7/h3,6-8H,1,4-5H2,2H3. The SMILES string of the molecule is C=CC(C)NC1CSC1. The van der Waals surface area contributed by atoms with Gasteiger partial charge in [-0.1, -0.05) is 6.08 Å². The highest BCUT2D eigenvalue weighted by molar-refractivity contribution is 8.00. The topological polar surface area (TPSA) is 12.0 Å². The maximum atomic E-state index is 3.70. The number of rotatable bonds is 3. The zero-order valence-electron chi connectivity index (χ0n) is 5.76. The summed E-state index contributed by atoms with van der Waals surface area (Å²) in [5.41, 5.74) is 0.